The lowest BCUT2D eigenvalue weighted by atomic mass is 10.0. The summed E-state index contributed by atoms with van der Waals surface area (Å²) in [6, 6.07) is 8.52. The average Bonchev–Trinajstić information content (AvgIpc) is 3.04. The molecule has 3 nitrogen and oxygen atoms in total. The number of benzene rings is 1. The fourth-order valence-electron chi connectivity index (χ4n) is 3.01. The number of piperidine rings is 1. The van der Waals surface area contributed by atoms with Crippen LogP contribution < -0.4 is 0 Å². The summed E-state index contributed by atoms with van der Waals surface area (Å²) in [6.45, 7) is 3.74. The third kappa shape index (κ3) is 4.36. The summed E-state index contributed by atoms with van der Waals surface area (Å²) in [6.07, 6.45) is 3.76. The van der Waals surface area contributed by atoms with E-state index in [0.717, 1.165) is 37.1 Å². The standard InChI is InChI=1S/C16H22ClNO2S/c17-13-4-6-14(7-5-13)21-12-9-18-8-2-1-3-15(18)16-19-10-11-20-16/h4-7,15-16H,1-3,8-12H2. The molecule has 0 spiro atoms. The van der Waals surface area contributed by atoms with E-state index < -0.39 is 0 Å². The molecule has 1 unspecified atom stereocenters. The first-order valence-electron chi connectivity index (χ1n) is 7.68. The third-order valence-electron chi connectivity index (χ3n) is 4.09. The summed E-state index contributed by atoms with van der Waals surface area (Å²) in [5.41, 5.74) is 0. The van der Waals surface area contributed by atoms with Crippen LogP contribution >= 0.6 is 23.4 Å². The van der Waals surface area contributed by atoms with Gasteiger partial charge in [0.15, 0.2) is 6.29 Å². The monoisotopic (exact) mass is 327 g/mol. The van der Waals surface area contributed by atoms with Crippen molar-refractivity contribution >= 4 is 23.4 Å². The Morgan fingerprint density at radius 2 is 1.90 bits per heavy atom. The van der Waals surface area contributed by atoms with Crippen molar-refractivity contribution in [3.8, 4) is 0 Å². The Hall–Kier alpha value is -0.260. The molecule has 1 atom stereocenters. The Morgan fingerprint density at radius 1 is 1.14 bits per heavy atom. The van der Waals surface area contributed by atoms with Crippen LogP contribution in [0.15, 0.2) is 29.2 Å². The van der Waals surface area contributed by atoms with Crippen molar-refractivity contribution < 1.29 is 9.47 Å². The van der Waals surface area contributed by atoms with Gasteiger partial charge in [0, 0.05) is 22.2 Å². The van der Waals surface area contributed by atoms with Gasteiger partial charge in [0.2, 0.25) is 0 Å². The molecule has 0 amide bonds. The quantitative estimate of drug-likeness (QED) is 0.769. The Morgan fingerprint density at radius 3 is 2.67 bits per heavy atom. The molecule has 2 saturated heterocycles. The Labute approximate surface area is 135 Å². The summed E-state index contributed by atoms with van der Waals surface area (Å²) in [7, 11) is 0. The SMILES string of the molecule is Clc1ccc(SCCN2CCCCC2C2OCCO2)cc1. The van der Waals surface area contributed by atoms with Gasteiger partial charge in [0.1, 0.15) is 0 Å². The molecule has 0 bridgehead atoms. The van der Waals surface area contributed by atoms with E-state index in [0.29, 0.717) is 6.04 Å². The molecule has 3 rings (SSSR count). The van der Waals surface area contributed by atoms with E-state index in [9.17, 15) is 0 Å². The molecule has 2 aliphatic rings. The predicted octanol–water partition coefficient (Wildman–Crippen LogP) is 3.66. The number of hydrogen-bond donors (Lipinski definition) is 0. The smallest absolute Gasteiger partial charge is 0.173 e. The van der Waals surface area contributed by atoms with E-state index in [2.05, 4.69) is 17.0 Å². The van der Waals surface area contributed by atoms with E-state index in [1.54, 1.807) is 0 Å². The van der Waals surface area contributed by atoms with Gasteiger partial charge >= 0.3 is 0 Å². The summed E-state index contributed by atoms with van der Waals surface area (Å²) < 4.78 is 11.4. The highest BCUT2D eigenvalue weighted by atomic mass is 35.5. The fourth-order valence-corrected chi connectivity index (χ4v) is 4.03. The van der Waals surface area contributed by atoms with Crippen molar-refractivity contribution in [1.29, 1.82) is 0 Å². The van der Waals surface area contributed by atoms with Gasteiger partial charge in [-0.05, 0) is 43.7 Å². The van der Waals surface area contributed by atoms with E-state index in [-0.39, 0.29) is 6.29 Å². The van der Waals surface area contributed by atoms with Crippen molar-refractivity contribution in [2.45, 2.75) is 36.5 Å². The lowest BCUT2D eigenvalue weighted by Crippen LogP contribution is -2.48. The Kier molecular flexibility index (Phi) is 5.83. The molecular formula is C16H22ClNO2S. The molecular weight excluding hydrogens is 306 g/mol. The number of rotatable bonds is 5. The third-order valence-corrected chi connectivity index (χ3v) is 5.33. The van der Waals surface area contributed by atoms with Crippen LogP contribution in [0.1, 0.15) is 19.3 Å². The van der Waals surface area contributed by atoms with E-state index in [1.165, 1.54) is 24.2 Å². The second-order valence-corrected chi connectivity index (χ2v) is 7.12. The molecule has 1 aromatic rings. The van der Waals surface area contributed by atoms with Gasteiger partial charge in [-0.2, -0.15) is 0 Å². The summed E-state index contributed by atoms with van der Waals surface area (Å²) >= 11 is 7.80. The molecule has 2 heterocycles. The predicted molar refractivity (Wildman–Crippen MR) is 87.1 cm³/mol. The van der Waals surface area contributed by atoms with E-state index in [4.69, 9.17) is 21.1 Å². The molecule has 0 N–H and O–H groups in total. The molecule has 1 aromatic carbocycles. The van der Waals surface area contributed by atoms with Crippen LogP contribution in [0, 0.1) is 0 Å². The number of hydrogen-bond acceptors (Lipinski definition) is 4. The minimum atomic E-state index is -0.00849. The average molecular weight is 328 g/mol. The number of halogens is 1. The van der Waals surface area contributed by atoms with Crippen molar-refractivity contribution in [2.75, 3.05) is 32.1 Å². The van der Waals surface area contributed by atoms with Crippen LogP contribution in [0.3, 0.4) is 0 Å². The topological polar surface area (TPSA) is 21.7 Å². The van der Waals surface area contributed by atoms with Crippen LogP contribution in [0.2, 0.25) is 5.02 Å². The van der Waals surface area contributed by atoms with Crippen LogP contribution in [-0.4, -0.2) is 49.3 Å². The highest BCUT2D eigenvalue weighted by Gasteiger charge is 2.33. The van der Waals surface area contributed by atoms with Crippen molar-refractivity contribution in [3.63, 3.8) is 0 Å². The van der Waals surface area contributed by atoms with Crippen molar-refractivity contribution in [2.24, 2.45) is 0 Å². The molecule has 2 fully saturated rings. The molecule has 0 radical (unpaired) electrons. The van der Waals surface area contributed by atoms with Crippen molar-refractivity contribution in [3.05, 3.63) is 29.3 Å². The first-order chi connectivity index (χ1) is 10.3. The van der Waals surface area contributed by atoms with Crippen LogP contribution in [0.25, 0.3) is 0 Å². The van der Waals surface area contributed by atoms with Crippen molar-refractivity contribution in [1.82, 2.24) is 4.90 Å². The van der Waals surface area contributed by atoms with Crippen LogP contribution in [-0.2, 0) is 9.47 Å². The van der Waals surface area contributed by atoms with E-state index >= 15 is 0 Å². The molecule has 5 heteroatoms. The zero-order chi connectivity index (χ0) is 14.5. The number of thioether (sulfide) groups is 1. The molecule has 2 aliphatic heterocycles. The van der Waals surface area contributed by atoms with Gasteiger partial charge in [0.25, 0.3) is 0 Å². The lowest BCUT2D eigenvalue weighted by molar-refractivity contribution is -0.107. The second-order valence-electron chi connectivity index (χ2n) is 5.51. The van der Waals surface area contributed by atoms with E-state index in [1.807, 2.05) is 23.9 Å². The van der Waals surface area contributed by atoms with Gasteiger partial charge < -0.3 is 9.47 Å². The molecule has 21 heavy (non-hydrogen) atoms. The maximum Gasteiger partial charge on any atom is 0.173 e. The number of likely N-dealkylation sites (tertiary alicyclic amines) is 1. The van der Waals surface area contributed by atoms with Gasteiger partial charge in [-0.25, -0.2) is 0 Å². The fraction of sp³-hybridized carbons (Fsp3) is 0.625. The summed E-state index contributed by atoms with van der Waals surface area (Å²) in [5.74, 6) is 1.09. The largest absolute Gasteiger partial charge is 0.349 e. The Bertz CT molecular complexity index is 436. The maximum atomic E-state index is 5.91. The number of ether oxygens (including phenoxy) is 2. The van der Waals surface area contributed by atoms with Gasteiger partial charge in [-0.3, -0.25) is 4.90 Å². The van der Waals surface area contributed by atoms with Crippen LogP contribution in [0.5, 0.6) is 0 Å². The summed E-state index contributed by atoms with van der Waals surface area (Å²) in [4.78, 5) is 3.82. The molecule has 116 valence electrons. The zero-order valence-electron chi connectivity index (χ0n) is 12.2. The normalized spacial score (nSPS) is 24.5. The Balaban J connectivity index is 1.49. The molecule has 0 saturated carbocycles. The van der Waals surface area contributed by atoms with Gasteiger partial charge in [-0.15, -0.1) is 11.8 Å². The minimum absolute atomic E-state index is 0.00849. The first kappa shape index (κ1) is 15.6. The maximum absolute atomic E-state index is 5.91. The minimum Gasteiger partial charge on any atom is -0.349 e. The first-order valence-corrected chi connectivity index (χ1v) is 9.05. The second kappa shape index (κ2) is 7.84. The highest BCUT2D eigenvalue weighted by molar-refractivity contribution is 7.99. The van der Waals surface area contributed by atoms with Gasteiger partial charge in [0.05, 0.1) is 19.3 Å². The summed E-state index contributed by atoms with van der Waals surface area (Å²) in [5, 5.41) is 0.797. The highest BCUT2D eigenvalue weighted by Crippen LogP contribution is 2.26. The lowest BCUT2D eigenvalue weighted by Gasteiger charge is -2.37. The van der Waals surface area contributed by atoms with Gasteiger partial charge in [-0.1, -0.05) is 18.0 Å². The zero-order valence-corrected chi connectivity index (χ0v) is 13.7. The molecule has 0 aromatic heterocycles. The number of nitrogens with zero attached hydrogens (tertiary/aromatic N) is 1. The van der Waals surface area contributed by atoms with Crippen LogP contribution in [0.4, 0.5) is 0 Å². The molecule has 0 aliphatic carbocycles.